The Bertz CT molecular complexity index is 702. The van der Waals surface area contributed by atoms with Crippen molar-refractivity contribution in [1.82, 2.24) is 0 Å². The number of aliphatic hydroxyl groups is 2. The maximum Gasteiger partial charge on any atom is 0.174 e. The first-order valence-electron chi connectivity index (χ1n) is 10.3. The highest BCUT2D eigenvalue weighted by molar-refractivity contribution is 7.99. The molecule has 2 N–H and O–H groups in total. The number of fused-ring (bicyclic) bond motifs is 5. The molecular weight excluding hydrogens is 360 g/mol. The van der Waals surface area contributed by atoms with Crippen molar-refractivity contribution in [3.63, 3.8) is 0 Å². The molecule has 0 saturated heterocycles. The second-order valence-corrected chi connectivity index (χ2v) is 10.7. The molecule has 27 heavy (non-hydrogen) atoms. The van der Waals surface area contributed by atoms with Gasteiger partial charge in [-0.15, -0.1) is 0 Å². The smallest absolute Gasteiger partial charge is 0.174 e. The summed E-state index contributed by atoms with van der Waals surface area (Å²) >= 11 is 1.46. The van der Waals surface area contributed by atoms with Crippen LogP contribution in [0.2, 0.25) is 0 Å². The van der Waals surface area contributed by atoms with Crippen LogP contribution in [-0.4, -0.2) is 45.5 Å². The van der Waals surface area contributed by atoms with Gasteiger partial charge in [0.05, 0.1) is 11.9 Å². The van der Waals surface area contributed by atoms with E-state index in [9.17, 15) is 19.8 Å². The number of Topliss-reactive ketones (excluding diaryl/α,β-unsaturated/α-hetero) is 1. The number of aliphatic hydroxyl groups excluding tert-OH is 1. The number of thioether (sulfide) groups is 1. The van der Waals surface area contributed by atoms with Crippen molar-refractivity contribution in [2.75, 3.05) is 12.0 Å². The number of hydrogen-bond acceptors (Lipinski definition) is 5. The van der Waals surface area contributed by atoms with Crippen LogP contribution in [-0.2, 0) is 9.59 Å². The molecule has 0 radical (unpaired) electrons. The lowest BCUT2D eigenvalue weighted by Crippen LogP contribution is -2.61. The topological polar surface area (TPSA) is 74.6 Å². The van der Waals surface area contributed by atoms with E-state index >= 15 is 0 Å². The summed E-state index contributed by atoms with van der Waals surface area (Å²) in [7, 11) is 0. The van der Waals surface area contributed by atoms with Gasteiger partial charge in [-0.25, -0.2) is 0 Å². The highest BCUT2D eigenvalue weighted by Crippen LogP contribution is 2.67. The summed E-state index contributed by atoms with van der Waals surface area (Å²) in [6.45, 7) is 4.27. The van der Waals surface area contributed by atoms with Gasteiger partial charge in [-0.3, -0.25) is 9.59 Å². The maximum absolute atomic E-state index is 12.8. The third-order valence-electron chi connectivity index (χ3n) is 8.79. The first-order chi connectivity index (χ1) is 12.7. The predicted molar refractivity (Wildman–Crippen MR) is 106 cm³/mol. The Morgan fingerprint density at radius 1 is 1.26 bits per heavy atom. The van der Waals surface area contributed by atoms with Crippen molar-refractivity contribution in [3.05, 3.63) is 11.6 Å². The Morgan fingerprint density at radius 3 is 2.70 bits per heavy atom. The number of hydrogen-bond donors (Lipinski definition) is 2. The standard InChI is InChI=1S/C22H32O4S/c1-20-8-6-14(23)10-13(20)4-5-15-16-7-9-22(26,18(25)12-27-3)21(16,2)11-17(24)19(15)20/h10,15-17,19,24,26H,4-9,11-12H2,1-3H3/t15-,16-,17-,19+,20-,21-,22-/m0/s1. The van der Waals surface area contributed by atoms with E-state index in [1.165, 1.54) is 17.3 Å². The lowest BCUT2D eigenvalue weighted by molar-refractivity contribution is -0.178. The fourth-order valence-corrected chi connectivity index (χ4v) is 7.90. The average molecular weight is 393 g/mol. The van der Waals surface area contributed by atoms with E-state index in [4.69, 9.17) is 0 Å². The summed E-state index contributed by atoms with van der Waals surface area (Å²) in [5.74, 6) is 1.17. The van der Waals surface area contributed by atoms with Gasteiger partial charge in [-0.2, -0.15) is 11.8 Å². The molecule has 4 rings (SSSR count). The molecule has 0 heterocycles. The van der Waals surface area contributed by atoms with Crippen LogP contribution in [0, 0.1) is 28.6 Å². The van der Waals surface area contributed by atoms with Crippen molar-refractivity contribution in [2.24, 2.45) is 28.6 Å². The second-order valence-electron chi connectivity index (χ2n) is 9.83. The van der Waals surface area contributed by atoms with Gasteiger partial charge in [-0.1, -0.05) is 19.4 Å². The lowest BCUT2D eigenvalue weighted by atomic mass is 9.45. The van der Waals surface area contributed by atoms with Crippen molar-refractivity contribution in [1.29, 1.82) is 0 Å². The van der Waals surface area contributed by atoms with E-state index in [-0.39, 0.29) is 28.8 Å². The molecule has 150 valence electrons. The molecule has 0 unspecified atom stereocenters. The molecule has 0 aromatic heterocycles. The van der Waals surface area contributed by atoms with Crippen LogP contribution in [0.4, 0.5) is 0 Å². The van der Waals surface area contributed by atoms with Gasteiger partial charge in [0.25, 0.3) is 0 Å². The molecule has 7 atom stereocenters. The highest BCUT2D eigenvalue weighted by atomic mass is 32.2. The van der Waals surface area contributed by atoms with Crippen LogP contribution in [0.5, 0.6) is 0 Å². The predicted octanol–water partition coefficient (Wildman–Crippen LogP) is 3.15. The first-order valence-corrected chi connectivity index (χ1v) is 11.7. The number of rotatable bonds is 3. The van der Waals surface area contributed by atoms with Crippen LogP contribution in [0.25, 0.3) is 0 Å². The van der Waals surface area contributed by atoms with Gasteiger partial charge < -0.3 is 10.2 Å². The van der Waals surface area contributed by atoms with Gasteiger partial charge in [0.1, 0.15) is 5.60 Å². The molecule has 5 heteroatoms. The summed E-state index contributed by atoms with van der Waals surface area (Å²) in [4.78, 5) is 24.8. The second kappa shape index (κ2) is 6.43. The van der Waals surface area contributed by atoms with Gasteiger partial charge in [-0.05, 0) is 74.0 Å². The average Bonchev–Trinajstić information content (AvgIpc) is 2.87. The minimum atomic E-state index is -1.31. The van der Waals surface area contributed by atoms with Crippen molar-refractivity contribution >= 4 is 23.3 Å². The van der Waals surface area contributed by atoms with E-state index in [1.807, 2.05) is 19.3 Å². The molecule has 0 aliphatic heterocycles. The zero-order valence-corrected chi connectivity index (χ0v) is 17.5. The Hall–Kier alpha value is -0.650. The molecule has 0 bridgehead atoms. The van der Waals surface area contributed by atoms with E-state index in [1.54, 1.807) is 0 Å². The molecule has 0 spiro atoms. The highest BCUT2D eigenvalue weighted by Gasteiger charge is 2.68. The zero-order valence-electron chi connectivity index (χ0n) is 16.7. The minimum Gasteiger partial charge on any atom is -0.393 e. The minimum absolute atomic E-state index is 0.0727. The molecule has 3 fully saturated rings. The van der Waals surface area contributed by atoms with Gasteiger partial charge in [0, 0.05) is 11.8 Å². The van der Waals surface area contributed by atoms with Crippen LogP contribution >= 0.6 is 11.8 Å². The van der Waals surface area contributed by atoms with Crippen molar-refractivity contribution < 1.29 is 19.8 Å². The summed E-state index contributed by atoms with van der Waals surface area (Å²) in [6.07, 6.45) is 8.27. The molecule has 0 aromatic rings. The van der Waals surface area contributed by atoms with E-state index < -0.39 is 17.1 Å². The Labute approximate surface area is 166 Å². The summed E-state index contributed by atoms with van der Waals surface area (Å²) in [5.41, 5.74) is -0.773. The van der Waals surface area contributed by atoms with Crippen molar-refractivity contribution in [2.45, 2.75) is 70.5 Å². The van der Waals surface area contributed by atoms with Gasteiger partial charge >= 0.3 is 0 Å². The quantitative estimate of drug-likeness (QED) is 0.772. The monoisotopic (exact) mass is 392 g/mol. The number of ketones is 2. The van der Waals surface area contributed by atoms with Crippen molar-refractivity contribution in [3.8, 4) is 0 Å². The lowest BCUT2D eigenvalue weighted by Gasteiger charge is -2.60. The molecule has 3 saturated carbocycles. The van der Waals surface area contributed by atoms with Crippen LogP contribution in [0.1, 0.15) is 58.8 Å². The summed E-state index contributed by atoms with van der Waals surface area (Å²) in [6, 6.07) is 0. The molecular formula is C22H32O4S. The Morgan fingerprint density at radius 2 is 2.00 bits per heavy atom. The van der Waals surface area contributed by atoms with Crippen LogP contribution < -0.4 is 0 Å². The van der Waals surface area contributed by atoms with Crippen LogP contribution in [0.3, 0.4) is 0 Å². The summed E-state index contributed by atoms with van der Waals surface area (Å²) < 4.78 is 0. The van der Waals surface area contributed by atoms with E-state index in [0.29, 0.717) is 30.9 Å². The molecule has 4 nitrogen and oxygen atoms in total. The SMILES string of the molecule is CSCC(=O)[C@@]1(O)CC[C@H]2[C@@H]3CCC4=CC(=O)CC[C@]4(C)[C@H]3[C@@H](O)C[C@@]21C. The zero-order chi connectivity index (χ0) is 19.6. The largest absolute Gasteiger partial charge is 0.393 e. The maximum atomic E-state index is 12.8. The fraction of sp³-hybridized carbons (Fsp3) is 0.818. The fourth-order valence-electron chi connectivity index (χ4n) is 7.40. The van der Waals surface area contributed by atoms with Gasteiger partial charge in [0.15, 0.2) is 11.6 Å². The normalized spacial score (nSPS) is 49.1. The van der Waals surface area contributed by atoms with E-state index in [0.717, 1.165) is 25.7 Å². The van der Waals surface area contributed by atoms with Gasteiger partial charge in [0.2, 0.25) is 0 Å². The third kappa shape index (κ3) is 2.57. The molecule has 0 aromatic carbocycles. The number of carbonyl (C=O) groups excluding carboxylic acids is 2. The molecule has 0 amide bonds. The number of allylic oxidation sites excluding steroid dienone is 1. The molecule has 4 aliphatic carbocycles. The number of carbonyl (C=O) groups is 2. The first kappa shape index (κ1) is 19.7. The molecule has 4 aliphatic rings. The van der Waals surface area contributed by atoms with E-state index in [2.05, 4.69) is 6.92 Å². The van der Waals surface area contributed by atoms with Crippen LogP contribution in [0.15, 0.2) is 11.6 Å². The summed E-state index contributed by atoms with van der Waals surface area (Å²) in [5, 5.41) is 22.7. The Balaban J connectivity index is 1.71. The third-order valence-corrected chi connectivity index (χ3v) is 9.34. The Kier molecular flexibility index (Phi) is 4.68.